The lowest BCUT2D eigenvalue weighted by Gasteiger charge is -2.15. The van der Waals surface area contributed by atoms with Crippen LogP contribution in [0.25, 0.3) is 0 Å². The summed E-state index contributed by atoms with van der Waals surface area (Å²) in [5, 5.41) is 13.3. The molecular weight excluding hydrogens is 210 g/mol. The normalized spacial score (nSPS) is 14.9. The van der Waals surface area contributed by atoms with Crippen LogP contribution in [-0.4, -0.2) is 17.3 Å². The average Bonchev–Trinajstić information content (AvgIpc) is 2.14. The molecule has 0 radical (unpaired) electrons. The van der Waals surface area contributed by atoms with E-state index in [-0.39, 0.29) is 6.10 Å². The first-order valence-corrected chi connectivity index (χ1v) is 5.61. The van der Waals surface area contributed by atoms with Crippen molar-refractivity contribution in [1.82, 2.24) is 5.32 Å². The topological polar surface area (TPSA) is 32.3 Å². The second kappa shape index (κ2) is 6.11. The summed E-state index contributed by atoms with van der Waals surface area (Å²) in [4.78, 5) is 0. The van der Waals surface area contributed by atoms with Crippen LogP contribution >= 0.6 is 11.6 Å². The quantitative estimate of drug-likeness (QED) is 0.811. The van der Waals surface area contributed by atoms with Gasteiger partial charge in [-0.25, -0.2) is 0 Å². The molecule has 0 aromatic heterocycles. The van der Waals surface area contributed by atoms with Gasteiger partial charge in [-0.15, -0.1) is 0 Å². The summed E-state index contributed by atoms with van der Waals surface area (Å²) in [6.07, 6.45) is 0.507. The zero-order valence-corrected chi connectivity index (χ0v) is 9.96. The van der Waals surface area contributed by atoms with Gasteiger partial charge in [-0.3, -0.25) is 0 Å². The molecule has 0 aliphatic carbocycles. The Bertz CT molecular complexity index is 301. The van der Waals surface area contributed by atoms with Crippen molar-refractivity contribution in [1.29, 1.82) is 0 Å². The molecule has 3 heteroatoms. The van der Waals surface area contributed by atoms with E-state index in [1.165, 1.54) is 5.56 Å². The molecule has 2 atom stereocenters. The molecule has 15 heavy (non-hydrogen) atoms. The molecule has 0 bridgehead atoms. The van der Waals surface area contributed by atoms with E-state index in [1.807, 2.05) is 24.3 Å². The second-order valence-electron chi connectivity index (χ2n) is 4.00. The number of halogens is 1. The molecule has 0 amide bonds. The first-order valence-electron chi connectivity index (χ1n) is 5.24. The molecule has 1 rings (SSSR count). The minimum Gasteiger partial charge on any atom is -0.393 e. The van der Waals surface area contributed by atoms with Crippen LogP contribution < -0.4 is 5.32 Å². The van der Waals surface area contributed by atoms with Crippen LogP contribution in [0, 0.1) is 0 Å². The summed E-state index contributed by atoms with van der Waals surface area (Å²) in [6.45, 7) is 4.66. The zero-order chi connectivity index (χ0) is 11.3. The molecule has 1 aromatic carbocycles. The van der Waals surface area contributed by atoms with Gasteiger partial charge in [0.15, 0.2) is 0 Å². The highest BCUT2D eigenvalue weighted by atomic mass is 35.5. The number of nitrogens with one attached hydrogen (secondary N) is 1. The molecule has 1 aromatic rings. The summed E-state index contributed by atoms with van der Waals surface area (Å²) in [6, 6.07) is 8.10. The zero-order valence-electron chi connectivity index (χ0n) is 9.20. The fourth-order valence-corrected chi connectivity index (χ4v) is 1.75. The molecule has 0 aliphatic rings. The minimum atomic E-state index is -0.258. The summed E-state index contributed by atoms with van der Waals surface area (Å²) in [7, 11) is 0. The predicted molar refractivity (Wildman–Crippen MR) is 64.1 cm³/mol. The summed E-state index contributed by atoms with van der Waals surface area (Å²) in [5.74, 6) is 0. The van der Waals surface area contributed by atoms with Gasteiger partial charge in [0, 0.05) is 17.6 Å². The van der Waals surface area contributed by atoms with Gasteiger partial charge in [0.05, 0.1) is 6.10 Å². The van der Waals surface area contributed by atoms with E-state index in [2.05, 4.69) is 12.2 Å². The summed E-state index contributed by atoms with van der Waals surface area (Å²) >= 11 is 5.88. The van der Waals surface area contributed by atoms with Crippen LogP contribution in [0.3, 0.4) is 0 Å². The fourth-order valence-electron chi connectivity index (χ4n) is 1.53. The van der Waals surface area contributed by atoms with E-state index < -0.39 is 0 Å². The maximum atomic E-state index is 9.20. The third kappa shape index (κ3) is 5.17. The Hall–Kier alpha value is -0.570. The van der Waals surface area contributed by atoms with Crippen molar-refractivity contribution in [3.8, 4) is 0 Å². The van der Waals surface area contributed by atoms with Crippen LogP contribution in [0.4, 0.5) is 0 Å². The lowest BCUT2D eigenvalue weighted by Crippen LogP contribution is -2.28. The van der Waals surface area contributed by atoms with Gasteiger partial charge in [-0.1, -0.05) is 23.7 Å². The van der Waals surface area contributed by atoms with Crippen molar-refractivity contribution in [3.05, 3.63) is 34.9 Å². The Balaban J connectivity index is 2.36. The van der Waals surface area contributed by atoms with Crippen molar-refractivity contribution < 1.29 is 5.11 Å². The highest BCUT2D eigenvalue weighted by Crippen LogP contribution is 2.10. The molecule has 0 aliphatic heterocycles. The van der Waals surface area contributed by atoms with Crippen molar-refractivity contribution in [2.75, 3.05) is 0 Å². The average molecular weight is 228 g/mol. The van der Waals surface area contributed by atoms with Gasteiger partial charge < -0.3 is 10.4 Å². The Kier molecular flexibility index (Phi) is 5.09. The molecule has 0 fully saturated rings. The smallest absolute Gasteiger partial charge is 0.0526 e. The van der Waals surface area contributed by atoms with Gasteiger partial charge in [0.2, 0.25) is 0 Å². The number of hydrogen-bond acceptors (Lipinski definition) is 2. The maximum absolute atomic E-state index is 9.20. The molecule has 84 valence electrons. The Morgan fingerprint density at radius 2 is 2.13 bits per heavy atom. The van der Waals surface area contributed by atoms with E-state index in [4.69, 9.17) is 11.6 Å². The summed E-state index contributed by atoms with van der Waals surface area (Å²) in [5.41, 5.74) is 1.17. The van der Waals surface area contributed by atoms with E-state index in [1.54, 1.807) is 6.92 Å². The Morgan fingerprint density at radius 1 is 1.40 bits per heavy atom. The SMILES string of the molecule is CC(O)CC(C)NCc1cccc(Cl)c1. The van der Waals surface area contributed by atoms with E-state index in [9.17, 15) is 5.11 Å². The van der Waals surface area contributed by atoms with E-state index in [0.29, 0.717) is 6.04 Å². The second-order valence-corrected chi connectivity index (χ2v) is 4.43. The predicted octanol–water partition coefficient (Wildman–Crippen LogP) is 2.59. The number of aliphatic hydroxyl groups excluding tert-OH is 1. The molecule has 2 N–H and O–H groups in total. The highest BCUT2D eigenvalue weighted by molar-refractivity contribution is 6.30. The minimum absolute atomic E-state index is 0.258. The number of aliphatic hydroxyl groups is 1. The van der Waals surface area contributed by atoms with E-state index in [0.717, 1.165) is 18.0 Å². The van der Waals surface area contributed by atoms with Crippen molar-refractivity contribution >= 4 is 11.6 Å². The van der Waals surface area contributed by atoms with Gasteiger partial charge >= 0.3 is 0 Å². The fraction of sp³-hybridized carbons (Fsp3) is 0.500. The van der Waals surface area contributed by atoms with Crippen molar-refractivity contribution in [2.45, 2.75) is 39.0 Å². The number of hydrogen-bond donors (Lipinski definition) is 2. The van der Waals surface area contributed by atoms with Crippen LogP contribution in [-0.2, 0) is 6.54 Å². The standard InChI is InChI=1S/C12H18ClNO/c1-9(6-10(2)15)14-8-11-4-3-5-12(13)7-11/h3-5,7,9-10,14-15H,6,8H2,1-2H3. The monoisotopic (exact) mass is 227 g/mol. The molecule has 0 heterocycles. The molecule has 2 unspecified atom stereocenters. The molecule has 2 nitrogen and oxygen atoms in total. The highest BCUT2D eigenvalue weighted by Gasteiger charge is 2.05. The largest absolute Gasteiger partial charge is 0.393 e. The van der Waals surface area contributed by atoms with Gasteiger partial charge in [0.1, 0.15) is 0 Å². The van der Waals surface area contributed by atoms with Gasteiger partial charge in [0.25, 0.3) is 0 Å². The third-order valence-corrected chi connectivity index (χ3v) is 2.47. The van der Waals surface area contributed by atoms with Crippen LogP contribution in [0.1, 0.15) is 25.8 Å². The van der Waals surface area contributed by atoms with Crippen LogP contribution in [0.15, 0.2) is 24.3 Å². The molecule has 0 saturated carbocycles. The lowest BCUT2D eigenvalue weighted by molar-refractivity contribution is 0.170. The molecular formula is C12H18ClNO. The van der Waals surface area contributed by atoms with E-state index >= 15 is 0 Å². The molecule has 0 spiro atoms. The first kappa shape index (κ1) is 12.5. The van der Waals surface area contributed by atoms with Crippen molar-refractivity contribution in [2.24, 2.45) is 0 Å². The van der Waals surface area contributed by atoms with Crippen molar-refractivity contribution in [3.63, 3.8) is 0 Å². The third-order valence-electron chi connectivity index (χ3n) is 2.24. The number of benzene rings is 1. The summed E-state index contributed by atoms with van der Waals surface area (Å²) < 4.78 is 0. The van der Waals surface area contributed by atoms with Crippen LogP contribution in [0.5, 0.6) is 0 Å². The first-order chi connectivity index (χ1) is 7.08. The Morgan fingerprint density at radius 3 is 2.73 bits per heavy atom. The molecule has 0 saturated heterocycles. The maximum Gasteiger partial charge on any atom is 0.0526 e. The van der Waals surface area contributed by atoms with Crippen LogP contribution in [0.2, 0.25) is 5.02 Å². The number of rotatable bonds is 5. The van der Waals surface area contributed by atoms with Gasteiger partial charge in [-0.05, 0) is 38.0 Å². The Labute approximate surface area is 96.3 Å². The lowest BCUT2D eigenvalue weighted by atomic mass is 10.1. The van der Waals surface area contributed by atoms with Gasteiger partial charge in [-0.2, -0.15) is 0 Å².